The lowest BCUT2D eigenvalue weighted by atomic mass is 9.92. The van der Waals surface area contributed by atoms with Crippen LogP contribution in [0.2, 0.25) is 0 Å². The van der Waals surface area contributed by atoms with Gasteiger partial charge in [-0.25, -0.2) is 4.39 Å². The predicted molar refractivity (Wildman–Crippen MR) is 76.0 cm³/mol. The van der Waals surface area contributed by atoms with Crippen LogP contribution < -0.4 is 5.32 Å². The molecule has 2 aromatic rings. The maximum atomic E-state index is 14.1. The fourth-order valence-corrected chi connectivity index (χ4v) is 2.73. The number of benzene rings is 1. The molecular formula is C16H18FNO2. The number of hydrogen-bond donors (Lipinski definition) is 2. The molecule has 0 amide bonds. The molecule has 1 aliphatic carbocycles. The lowest BCUT2D eigenvalue weighted by Gasteiger charge is -2.27. The largest absolute Gasteiger partial charge is 0.464 e. The Labute approximate surface area is 117 Å². The summed E-state index contributed by atoms with van der Waals surface area (Å²) in [4.78, 5) is 0. The summed E-state index contributed by atoms with van der Waals surface area (Å²) in [5.74, 6) is 0.382. The SMILES string of the molecule is OC1CCC(Nc2c(F)cccc2-c2ccco2)CC1. The van der Waals surface area contributed by atoms with Crippen LogP contribution >= 0.6 is 0 Å². The van der Waals surface area contributed by atoms with E-state index in [0.717, 1.165) is 31.2 Å². The van der Waals surface area contributed by atoms with E-state index in [1.54, 1.807) is 18.4 Å². The van der Waals surface area contributed by atoms with Gasteiger partial charge >= 0.3 is 0 Å². The van der Waals surface area contributed by atoms with E-state index in [1.807, 2.05) is 12.1 Å². The third-order valence-electron chi connectivity index (χ3n) is 3.85. The van der Waals surface area contributed by atoms with Gasteiger partial charge in [0.15, 0.2) is 0 Å². The first-order valence-corrected chi connectivity index (χ1v) is 7.01. The minimum atomic E-state index is -0.273. The number of furan rings is 1. The first-order chi connectivity index (χ1) is 9.74. The van der Waals surface area contributed by atoms with Crippen molar-refractivity contribution in [2.75, 3.05) is 5.32 Å². The van der Waals surface area contributed by atoms with E-state index in [9.17, 15) is 9.50 Å². The molecule has 4 heteroatoms. The Morgan fingerprint density at radius 2 is 1.90 bits per heavy atom. The average molecular weight is 275 g/mol. The molecule has 0 saturated heterocycles. The van der Waals surface area contributed by atoms with Crippen molar-refractivity contribution in [3.63, 3.8) is 0 Å². The molecule has 3 rings (SSSR count). The molecule has 1 saturated carbocycles. The topological polar surface area (TPSA) is 45.4 Å². The molecule has 20 heavy (non-hydrogen) atoms. The summed E-state index contributed by atoms with van der Waals surface area (Å²) in [5, 5.41) is 12.8. The molecule has 0 bridgehead atoms. The van der Waals surface area contributed by atoms with Gasteiger partial charge in [0.1, 0.15) is 11.6 Å². The Morgan fingerprint density at radius 3 is 2.60 bits per heavy atom. The van der Waals surface area contributed by atoms with Crippen LogP contribution in [0, 0.1) is 5.82 Å². The van der Waals surface area contributed by atoms with E-state index in [2.05, 4.69) is 5.32 Å². The Hall–Kier alpha value is -1.81. The summed E-state index contributed by atoms with van der Waals surface area (Å²) >= 11 is 0. The summed E-state index contributed by atoms with van der Waals surface area (Å²) in [6.07, 6.45) is 4.61. The Kier molecular flexibility index (Phi) is 3.74. The van der Waals surface area contributed by atoms with Gasteiger partial charge in [0, 0.05) is 11.6 Å². The van der Waals surface area contributed by atoms with E-state index in [0.29, 0.717) is 11.4 Å². The van der Waals surface area contributed by atoms with Crippen LogP contribution in [-0.4, -0.2) is 17.3 Å². The summed E-state index contributed by atoms with van der Waals surface area (Å²) < 4.78 is 19.5. The second-order valence-corrected chi connectivity index (χ2v) is 5.29. The van der Waals surface area contributed by atoms with Crippen molar-refractivity contribution in [2.24, 2.45) is 0 Å². The molecule has 106 valence electrons. The molecule has 1 heterocycles. The standard InChI is InChI=1S/C16H18FNO2/c17-14-4-1-3-13(15-5-2-10-20-15)16(14)18-11-6-8-12(19)9-7-11/h1-5,10-12,18-19H,6-9H2. The molecule has 3 nitrogen and oxygen atoms in total. The highest BCUT2D eigenvalue weighted by Gasteiger charge is 2.21. The number of halogens is 1. The van der Waals surface area contributed by atoms with Gasteiger partial charge in [0.05, 0.1) is 18.1 Å². The number of aliphatic hydroxyl groups excluding tert-OH is 1. The first kappa shape index (κ1) is 13.2. The Morgan fingerprint density at radius 1 is 1.10 bits per heavy atom. The van der Waals surface area contributed by atoms with Crippen LogP contribution in [-0.2, 0) is 0 Å². The minimum Gasteiger partial charge on any atom is -0.464 e. The molecule has 0 unspecified atom stereocenters. The molecule has 1 aliphatic rings. The van der Waals surface area contributed by atoms with Gasteiger partial charge in [-0.3, -0.25) is 0 Å². The molecular weight excluding hydrogens is 257 g/mol. The smallest absolute Gasteiger partial charge is 0.147 e. The Bertz CT molecular complexity index is 560. The lowest BCUT2D eigenvalue weighted by Crippen LogP contribution is -2.28. The van der Waals surface area contributed by atoms with E-state index >= 15 is 0 Å². The zero-order valence-corrected chi connectivity index (χ0v) is 11.2. The van der Waals surface area contributed by atoms with Crippen LogP contribution in [0.1, 0.15) is 25.7 Å². The maximum Gasteiger partial charge on any atom is 0.147 e. The van der Waals surface area contributed by atoms with Crippen molar-refractivity contribution in [1.82, 2.24) is 0 Å². The second-order valence-electron chi connectivity index (χ2n) is 5.29. The van der Waals surface area contributed by atoms with Crippen LogP contribution in [0.3, 0.4) is 0 Å². The van der Waals surface area contributed by atoms with Gasteiger partial charge in [-0.15, -0.1) is 0 Å². The summed E-state index contributed by atoms with van der Waals surface area (Å²) in [6.45, 7) is 0. The molecule has 0 atom stereocenters. The lowest BCUT2D eigenvalue weighted by molar-refractivity contribution is 0.126. The maximum absolute atomic E-state index is 14.1. The number of rotatable bonds is 3. The van der Waals surface area contributed by atoms with Crippen molar-refractivity contribution < 1.29 is 13.9 Å². The molecule has 2 N–H and O–H groups in total. The monoisotopic (exact) mass is 275 g/mol. The van der Waals surface area contributed by atoms with E-state index in [-0.39, 0.29) is 18.0 Å². The highest BCUT2D eigenvalue weighted by molar-refractivity contribution is 5.75. The van der Waals surface area contributed by atoms with Crippen molar-refractivity contribution in [1.29, 1.82) is 0 Å². The molecule has 0 spiro atoms. The Balaban J connectivity index is 1.85. The highest BCUT2D eigenvalue weighted by Crippen LogP contribution is 2.33. The van der Waals surface area contributed by atoms with Crippen molar-refractivity contribution in [2.45, 2.75) is 37.8 Å². The molecule has 1 aromatic carbocycles. The third kappa shape index (κ3) is 2.70. The number of aliphatic hydroxyl groups is 1. The number of nitrogens with one attached hydrogen (secondary N) is 1. The number of para-hydroxylation sites is 1. The van der Waals surface area contributed by atoms with Crippen molar-refractivity contribution >= 4 is 5.69 Å². The van der Waals surface area contributed by atoms with Gasteiger partial charge in [-0.2, -0.15) is 0 Å². The molecule has 0 aliphatic heterocycles. The van der Waals surface area contributed by atoms with Gasteiger partial charge in [0.2, 0.25) is 0 Å². The van der Waals surface area contributed by atoms with Gasteiger partial charge in [-0.1, -0.05) is 6.07 Å². The van der Waals surface area contributed by atoms with Gasteiger partial charge in [0.25, 0.3) is 0 Å². The van der Waals surface area contributed by atoms with Gasteiger partial charge in [-0.05, 0) is 49.9 Å². The van der Waals surface area contributed by atoms with Crippen LogP contribution in [0.5, 0.6) is 0 Å². The van der Waals surface area contributed by atoms with Crippen LogP contribution in [0.15, 0.2) is 41.0 Å². The summed E-state index contributed by atoms with van der Waals surface area (Å²) in [5.41, 5.74) is 1.23. The van der Waals surface area contributed by atoms with Crippen molar-refractivity contribution in [3.8, 4) is 11.3 Å². The van der Waals surface area contributed by atoms with E-state index < -0.39 is 0 Å². The summed E-state index contributed by atoms with van der Waals surface area (Å²) in [6, 6.07) is 8.80. The number of hydrogen-bond acceptors (Lipinski definition) is 3. The first-order valence-electron chi connectivity index (χ1n) is 7.01. The third-order valence-corrected chi connectivity index (χ3v) is 3.85. The fourth-order valence-electron chi connectivity index (χ4n) is 2.73. The number of anilines is 1. The van der Waals surface area contributed by atoms with Gasteiger partial charge < -0.3 is 14.8 Å². The zero-order chi connectivity index (χ0) is 13.9. The average Bonchev–Trinajstić information content (AvgIpc) is 2.97. The van der Waals surface area contributed by atoms with E-state index in [1.165, 1.54) is 6.07 Å². The summed E-state index contributed by atoms with van der Waals surface area (Å²) in [7, 11) is 0. The molecule has 1 fully saturated rings. The normalized spacial score (nSPS) is 22.7. The predicted octanol–water partition coefficient (Wildman–Crippen LogP) is 3.80. The van der Waals surface area contributed by atoms with Crippen LogP contribution in [0.4, 0.5) is 10.1 Å². The molecule has 1 aromatic heterocycles. The highest BCUT2D eigenvalue weighted by atomic mass is 19.1. The zero-order valence-electron chi connectivity index (χ0n) is 11.2. The fraction of sp³-hybridized carbons (Fsp3) is 0.375. The van der Waals surface area contributed by atoms with Crippen molar-refractivity contribution in [3.05, 3.63) is 42.4 Å². The van der Waals surface area contributed by atoms with E-state index in [4.69, 9.17) is 4.42 Å². The molecule has 0 radical (unpaired) electrons. The quantitative estimate of drug-likeness (QED) is 0.895. The van der Waals surface area contributed by atoms with Crippen LogP contribution in [0.25, 0.3) is 11.3 Å². The second kappa shape index (κ2) is 5.67. The minimum absolute atomic E-state index is 0.198.